The van der Waals surface area contributed by atoms with Crippen LogP contribution in [-0.4, -0.2) is 18.9 Å². The van der Waals surface area contributed by atoms with Crippen LogP contribution in [0.2, 0.25) is 0 Å². The van der Waals surface area contributed by atoms with E-state index in [2.05, 4.69) is 62.6 Å². The van der Waals surface area contributed by atoms with Crippen molar-refractivity contribution >= 4 is 6.21 Å². The molecule has 2 aliphatic rings. The fraction of sp³-hybridized carbons (Fsp3) is 0.389. The Labute approximate surface area is 155 Å². The molecule has 0 saturated carbocycles. The number of benzene rings is 1. The number of rotatable bonds is 3. The average Bonchev–Trinajstić information content (AvgIpc) is 3.06. The lowest BCUT2D eigenvalue weighted by Crippen LogP contribution is -3.15. The second-order valence-corrected chi connectivity index (χ2v) is 7.21. The van der Waals surface area contributed by atoms with E-state index in [-0.39, 0.29) is 5.54 Å². The molecule has 4 unspecified atom stereocenters. The lowest BCUT2D eigenvalue weighted by atomic mass is 9.81. The second kappa shape index (κ2) is 8.30. The summed E-state index contributed by atoms with van der Waals surface area (Å²) in [5.74, 6) is 1.37. The molecule has 1 heterocycles. The normalized spacial score (nSPS) is 30.0. The molecule has 142 valence electrons. The predicted octanol–water partition coefficient (Wildman–Crippen LogP) is -2.22. The van der Waals surface area contributed by atoms with Gasteiger partial charge in [0.25, 0.3) is 0 Å². The number of allylic oxidation sites excluding steroid dienone is 2. The van der Waals surface area contributed by atoms with Crippen LogP contribution in [0.15, 0.2) is 53.7 Å². The summed E-state index contributed by atoms with van der Waals surface area (Å²) in [7, 11) is -3.23. The molecule has 7 nitrogen and oxygen atoms in total. The van der Waals surface area contributed by atoms with Gasteiger partial charge in [0.2, 0.25) is 0 Å². The van der Waals surface area contributed by atoms with Gasteiger partial charge in [-0.1, -0.05) is 42.4 Å². The second-order valence-electron chi connectivity index (χ2n) is 6.46. The van der Waals surface area contributed by atoms with Crippen molar-refractivity contribution in [2.24, 2.45) is 11.0 Å². The lowest BCUT2D eigenvalue weighted by molar-refractivity contribution is -2.00. The van der Waals surface area contributed by atoms with E-state index in [1.54, 1.807) is 7.11 Å². The highest BCUT2D eigenvalue weighted by Gasteiger charge is 2.46. The number of ether oxygens (including phenoxy) is 1. The fourth-order valence-electron chi connectivity index (χ4n) is 3.28. The van der Waals surface area contributed by atoms with Crippen LogP contribution in [0, 0.1) is 16.2 Å². The van der Waals surface area contributed by atoms with E-state index < -0.39 is 10.2 Å². The van der Waals surface area contributed by atoms with Crippen LogP contribution < -0.4 is 28.4 Å². The van der Waals surface area contributed by atoms with Crippen LogP contribution in [0.5, 0.6) is 5.75 Å². The summed E-state index contributed by atoms with van der Waals surface area (Å²) in [5, 5.41) is 6.03. The zero-order chi connectivity index (χ0) is 19.4. The molecule has 8 heteroatoms. The van der Waals surface area contributed by atoms with Crippen molar-refractivity contribution in [2.45, 2.75) is 31.8 Å². The summed E-state index contributed by atoms with van der Waals surface area (Å²) in [4.78, 5) is 0. The Balaban J connectivity index is 0.000000431. The number of hydrogen-bond donors (Lipinski definition) is 1. The summed E-state index contributed by atoms with van der Waals surface area (Å²) >= 11 is 0. The number of quaternary nitrogens is 1. The zero-order valence-electron chi connectivity index (χ0n) is 14.9. The van der Waals surface area contributed by atoms with Gasteiger partial charge in [-0.3, -0.25) is 0 Å². The monoisotopic (exact) mass is 382 g/mol. The Kier molecular flexibility index (Phi) is 6.57. The maximum absolute atomic E-state index is 8.49. The summed E-state index contributed by atoms with van der Waals surface area (Å²) in [6.45, 7) is 4.56. The van der Waals surface area contributed by atoms with Gasteiger partial charge < -0.3 is 4.74 Å². The van der Waals surface area contributed by atoms with Gasteiger partial charge >= 0.3 is 0 Å². The number of methoxy groups -OCH3 is 1. The Hall–Kier alpha value is -1.74. The van der Waals surface area contributed by atoms with E-state index in [1.165, 1.54) is 10.6 Å². The van der Waals surface area contributed by atoms with Crippen LogP contribution >= 0.6 is 0 Å². The first-order chi connectivity index (χ1) is 12.1. The molecule has 0 fully saturated rings. The highest BCUT2D eigenvalue weighted by atomic mass is 35.7. The van der Waals surface area contributed by atoms with Crippen molar-refractivity contribution in [2.75, 3.05) is 7.11 Å². The van der Waals surface area contributed by atoms with Gasteiger partial charge in [0.05, 0.1) is 13.3 Å². The van der Waals surface area contributed by atoms with Gasteiger partial charge in [-0.05, 0) is 25.1 Å². The van der Waals surface area contributed by atoms with E-state index in [4.69, 9.17) is 28.5 Å². The van der Waals surface area contributed by atoms with Crippen molar-refractivity contribution < 1.29 is 38.6 Å². The quantitative estimate of drug-likeness (QED) is 0.635. The minimum absolute atomic E-state index is 0.00447. The minimum Gasteiger partial charge on any atom is -0.497 e. The van der Waals surface area contributed by atoms with Crippen LogP contribution in [0.4, 0.5) is 0 Å². The molecule has 1 aromatic rings. The number of nitrogens with zero attached hydrogens (tertiary/aromatic N) is 1. The molecule has 0 radical (unpaired) electrons. The fourth-order valence-corrected chi connectivity index (χ4v) is 3.28. The van der Waals surface area contributed by atoms with Crippen molar-refractivity contribution in [1.29, 1.82) is 0 Å². The molecule has 0 aromatic heterocycles. The predicted molar refractivity (Wildman–Crippen MR) is 85.7 cm³/mol. The molecule has 0 amide bonds. The summed E-state index contributed by atoms with van der Waals surface area (Å²) < 4.78 is 39.3. The van der Waals surface area contributed by atoms with Gasteiger partial charge in [0.1, 0.15) is 17.3 Å². The molecule has 1 aliphatic carbocycles. The van der Waals surface area contributed by atoms with E-state index in [0.717, 1.165) is 12.2 Å². The third-order valence-electron chi connectivity index (χ3n) is 4.85. The molecule has 1 N–H and O–H groups in total. The van der Waals surface area contributed by atoms with Gasteiger partial charge in [-0.15, -0.1) is 10.2 Å². The Morgan fingerprint density at radius 2 is 1.92 bits per heavy atom. The summed E-state index contributed by atoms with van der Waals surface area (Å²) in [6, 6.07) is 8.72. The standard InChI is InChI=1S/C18H22N2O.ClHO4/c1-14-7-4-5-11-18(14,2)20-17(10-12-19-20)15-8-6-9-16(13-15)21-3;2-1(3,4)5/h4-9,11-14,17H,10H2,1-3H3;(H,2,3,4,5). The Bertz CT molecular complexity index is 695. The first kappa shape index (κ1) is 20.6. The first-order valence-electron chi connectivity index (χ1n) is 8.16. The smallest absolute Gasteiger partial charge is 0.144 e. The van der Waals surface area contributed by atoms with Gasteiger partial charge in [0.15, 0.2) is 0 Å². The molecule has 1 aliphatic heterocycles. The van der Waals surface area contributed by atoms with Gasteiger partial charge in [-0.2, -0.15) is 5.01 Å². The van der Waals surface area contributed by atoms with E-state index >= 15 is 0 Å². The highest BCUT2D eigenvalue weighted by molar-refractivity contribution is 5.59. The molecule has 0 bridgehead atoms. The van der Waals surface area contributed by atoms with Gasteiger partial charge in [0, 0.05) is 17.9 Å². The minimum atomic E-state index is -4.94. The highest BCUT2D eigenvalue weighted by Crippen LogP contribution is 2.27. The number of halogens is 1. The molecular weight excluding hydrogens is 360 g/mol. The molecular formula is C18H23ClN2O5. The largest absolute Gasteiger partial charge is 0.497 e. The third-order valence-corrected chi connectivity index (χ3v) is 4.85. The van der Waals surface area contributed by atoms with Crippen LogP contribution in [0.3, 0.4) is 0 Å². The van der Waals surface area contributed by atoms with E-state index in [1.807, 2.05) is 6.07 Å². The van der Waals surface area contributed by atoms with Crippen LogP contribution in [0.25, 0.3) is 0 Å². The zero-order valence-corrected chi connectivity index (χ0v) is 15.7. The summed E-state index contributed by atoms with van der Waals surface area (Å²) in [6.07, 6.45) is 11.9. The van der Waals surface area contributed by atoms with Crippen molar-refractivity contribution in [3.8, 4) is 5.75 Å². The molecule has 26 heavy (non-hydrogen) atoms. The van der Waals surface area contributed by atoms with E-state index in [0.29, 0.717) is 12.0 Å². The lowest BCUT2D eigenvalue weighted by Gasteiger charge is -2.38. The van der Waals surface area contributed by atoms with Crippen molar-refractivity contribution in [3.63, 3.8) is 0 Å². The first-order valence-corrected chi connectivity index (χ1v) is 9.40. The van der Waals surface area contributed by atoms with Crippen molar-refractivity contribution in [1.82, 2.24) is 0 Å². The topological polar surface area (TPSA) is 118 Å². The Morgan fingerprint density at radius 1 is 1.23 bits per heavy atom. The third kappa shape index (κ3) is 5.14. The van der Waals surface area contributed by atoms with Crippen LogP contribution in [-0.2, 0) is 0 Å². The maximum atomic E-state index is 8.49. The number of nitrogens with one attached hydrogen (secondary N) is 1. The average molecular weight is 383 g/mol. The number of hydrogen-bond acceptors (Lipinski definition) is 6. The molecule has 3 rings (SSSR count). The molecule has 0 saturated heterocycles. The Morgan fingerprint density at radius 3 is 2.54 bits per heavy atom. The van der Waals surface area contributed by atoms with Gasteiger partial charge in [-0.25, -0.2) is 18.6 Å². The molecule has 1 aromatic carbocycles. The molecule has 0 spiro atoms. The summed E-state index contributed by atoms with van der Waals surface area (Å²) in [5.41, 5.74) is 1.29. The van der Waals surface area contributed by atoms with E-state index in [9.17, 15) is 0 Å². The SMILES string of the molecule is COc1cccc(C2CC=N[NH+]2C2(C)C=CC=CC2C)c1.[O-][Cl+3]([O-])([O-])[O-]. The van der Waals surface area contributed by atoms with Crippen molar-refractivity contribution in [3.05, 3.63) is 54.1 Å². The molecule has 4 atom stereocenters. The maximum Gasteiger partial charge on any atom is 0.144 e. The van der Waals surface area contributed by atoms with Crippen LogP contribution in [0.1, 0.15) is 31.9 Å².